The second kappa shape index (κ2) is 11.8. The minimum absolute atomic E-state index is 0.0530. The van der Waals surface area contributed by atoms with E-state index in [1.807, 2.05) is 0 Å². The van der Waals surface area contributed by atoms with Gasteiger partial charge in [-0.2, -0.15) is 18.3 Å². The number of alkyl halides is 3. The van der Waals surface area contributed by atoms with Crippen molar-refractivity contribution in [2.24, 2.45) is 0 Å². The van der Waals surface area contributed by atoms with E-state index < -0.39 is 17.6 Å². The van der Waals surface area contributed by atoms with E-state index in [4.69, 9.17) is 4.74 Å². The highest BCUT2D eigenvalue weighted by Crippen LogP contribution is 2.36. The molecule has 43 heavy (non-hydrogen) atoms. The van der Waals surface area contributed by atoms with Gasteiger partial charge in [0, 0.05) is 46.4 Å². The fourth-order valence-electron chi connectivity index (χ4n) is 5.67. The molecule has 0 aliphatic carbocycles. The van der Waals surface area contributed by atoms with Crippen LogP contribution in [0.2, 0.25) is 0 Å². The summed E-state index contributed by atoms with van der Waals surface area (Å²) in [6.45, 7) is 2.45. The molecule has 0 saturated carbocycles. The summed E-state index contributed by atoms with van der Waals surface area (Å²) >= 11 is 2.28. The van der Waals surface area contributed by atoms with Crippen molar-refractivity contribution in [3.8, 4) is 16.9 Å². The molecule has 2 saturated heterocycles. The van der Waals surface area contributed by atoms with E-state index in [9.17, 15) is 22.4 Å². The Hall–Kier alpha value is -3.56. The number of hydrogen-bond donors (Lipinski definition) is 1. The van der Waals surface area contributed by atoms with E-state index in [1.165, 1.54) is 4.68 Å². The molecule has 0 bridgehead atoms. The predicted octanol–water partition coefficient (Wildman–Crippen LogP) is 5.71. The maximum absolute atomic E-state index is 14.5. The molecule has 0 radical (unpaired) electrons. The Morgan fingerprint density at radius 1 is 1.02 bits per heavy atom. The number of nitrogens with one attached hydrogen (secondary N) is 1. The lowest BCUT2D eigenvalue weighted by molar-refractivity contribution is -0.140. The Kier molecular flexibility index (Phi) is 8.13. The highest BCUT2D eigenvalue weighted by molar-refractivity contribution is 14.1. The van der Waals surface area contributed by atoms with Crippen LogP contribution in [0, 0.1) is 9.39 Å². The molecule has 4 aromatic rings. The number of carbonyl (C=O) groups is 1. The number of halogens is 5. The fraction of sp³-hybridized carbons (Fsp3) is 0.300. The van der Waals surface area contributed by atoms with Crippen LogP contribution in [0.4, 0.5) is 23.2 Å². The van der Waals surface area contributed by atoms with Crippen LogP contribution in [0.15, 0.2) is 73.1 Å². The van der Waals surface area contributed by atoms with Gasteiger partial charge in [0.2, 0.25) is 0 Å². The Morgan fingerprint density at radius 2 is 1.77 bits per heavy atom. The average Bonchev–Trinajstić information content (AvgIpc) is 3.35. The minimum atomic E-state index is -4.83. The second-order valence-electron chi connectivity index (χ2n) is 10.6. The van der Waals surface area contributed by atoms with E-state index in [2.05, 4.69) is 67.2 Å². The summed E-state index contributed by atoms with van der Waals surface area (Å²) in [5.41, 5.74) is 0.509. The van der Waals surface area contributed by atoms with Gasteiger partial charge in [0.15, 0.2) is 5.69 Å². The summed E-state index contributed by atoms with van der Waals surface area (Å²) in [5.74, 6) is -1.75. The quantitative estimate of drug-likeness (QED) is 0.217. The zero-order valence-electron chi connectivity index (χ0n) is 22.8. The number of hydrogen-bond acceptors (Lipinski definition) is 6. The predicted molar refractivity (Wildman–Crippen MR) is 160 cm³/mol. The molecule has 1 amide bonds. The lowest BCUT2D eigenvalue weighted by Gasteiger charge is -2.48. The first-order valence-corrected chi connectivity index (χ1v) is 14.7. The molecular weight excluding hydrogens is 679 g/mol. The van der Waals surface area contributed by atoms with E-state index in [-0.39, 0.29) is 22.8 Å². The Morgan fingerprint density at radius 3 is 2.44 bits per heavy atom. The molecule has 1 spiro atoms. The molecule has 2 aliphatic heterocycles. The van der Waals surface area contributed by atoms with E-state index in [0.717, 1.165) is 21.4 Å². The first-order valence-electron chi connectivity index (χ1n) is 13.6. The first-order chi connectivity index (χ1) is 20.6. The minimum Gasteiger partial charge on any atom is -0.364 e. The smallest absolute Gasteiger partial charge is 0.364 e. The number of amides is 1. The van der Waals surface area contributed by atoms with Crippen molar-refractivity contribution in [1.29, 1.82) is 0 Å². The van der Waals surface area contributed by atoms with Crippen molar-refractivity contribution in [3.63, 3.8) is 0 Å². The summed E-state index contributed by atoms with van der Waals surface area (Å²) in [6, 6.07) is 15.9. The monoisotopic (exact) mass is 706 g/mol. The molecule has 0 atom stereocenters. The highest BCUT2D eigenvalue weighted by atomic mass is 127. The SMILES string of the molecule is O=C(c1cc(-c2cccnc2)n(-c2ccc(C(F)(F)F)c(F)c2)n1)N1CCC2(CC1)COCNCN2c1ccc(I)cc1. The summed E-state index contributed by atoms with van der Waals surface area (Å²) in [5, 5.41) is 7.77. The number of aromatic nitrogens is 3. The Balaban J connectivity index is 1.28. The number of piperidine rings is 1. The highest BCUT2D eigenvalue weighted by Gasteiger charge is 2.43. The van der Waals surface area contributed by atoms with Crippen LogP contribution >= 0.6 is 22.6 Å². The van der Waals surface area contributed by atoms with Crippen LogP contribution in [0.5, 0.6) is 0 Å². The van der Waals surface area contributed by atoms with Crippen molar-refractivity contribution in [2.75, 3.05) is 38.0 Å². The molecule has 2 fully saturated rings. The number of pyridine rings is 1. The maximum atomic E-state index is 14.5. The molecule has 8 nitrogen and oxygen atoms in total. The van der Waals surface area contributed by atoms with Gasteiger partial charge in [-0.3, -0.25) is 15.1 Å². The summed E-state index contributed by atoms with van der Waals surface area (Å²) < 4.78 is 62.5. The zero-order valence-corrected chi connectivity index (χ0v) is 25.0. The third-order valence-corrected chi connectivity index (χ3v) is 8.64. The number of likely N-dealkylation sites (tertiary alicyclic amines) is 1. The Labute approximate surface area is 258 Å². The van der Waals surface area contributed by atoms with Gasteiger partial charge in [0.25, 0.3) is 5.91 Å². The van der Waals surface area contributed by atoms with Crippen molar-refractivity contribution in [3.05, 3.63) is 93.7 Å². The summed E-state index contributed by atoms with van der Waals surface area (Å²) in [4.78, 5) is 21.9. The standard InChI is InChI=1S/C30H27F4IN6O2/c31-25-14-23(7-8-24(25)30(32,33)34)41-27(20-2-1-11-36-16-20)15-26(38-41)28(42)39-12-9-29(10-13-39)17-43-19-37-18-40(29)22-5-3-21(35)4-6-22/h1-8,11,14-16,37H,9-10,12-13,17-19H2. The molecule has 0 unspecified atom stereocenters. The number of benzene rings is 2. The maximum Gasteiger partial charge on any atom is 0.419 e. The molecule has 1 N–H and O–H groups in total. The molecule has 2 aromatic carbocycles. The molecule has 2 aliphatic rings. The third-order valence-electron chi connectivity index (χ3n) is 7.93. The molecule has 13 heteroatoms. The molecule has 4 heterocycles. The number of carbonyl (C=O) groups excluding carboxylic acids is 1. The van der Waals surface area contributed by atoms with Gasteiger partial charge in [0.1, 0.15) is 5.82 Å². The number of nitrogens with zero attached hydrogens (tertiary/aromatic N) is 5. The van der Waals surface area contributed by atoms with Gasteiger partial charge in [-0.1, -0.05) is 0 Å². The summed E-state index contributed by atoms with van der Waals surface area (Å²) in [7, 11) is 0. The fourth-order valence-corrected chi connectivity index (χ4v) is 6.03. The van der Waals surface area contributed by atoms with Gasteiger partial charge < -0.3 is 14.5 Å². The number of ether oxygens (including phenoxy) is 1. The van der Waals surface area contributed by atoms with Crippen molar-refractivity contribution >= 4 is 34.2 Å². The molecule has 224 valence electrons. The third kappa shape index (κ3) is 5.97. The average molecular weight is 706 g/mol. The number of anilines is 1. The van der Waals surface area contributed by atoms with Crippen LogP contribution in [0.3, 0.4) is 0 Å². The van der Waals surface area contributed by atoms with Gasteiger partial charge in [-0.05, 0) is 90.0 Å². The first kappa shape index (κ1) is 29.5. The van der Waals surface area contributed by atoms with E-state index in [0.29, 0.717) is 63.3 Å². The summed E-state index contributed by atoms with van der Waals surface area (Å²) in [6.07, 6.45) is -0.395. The van der Waals surface area contributed by atoms with Crippen LogP contribution in [0.25, 0.3) is 16.9 Å². The molecule has 2 aromatic heterocycles. The van der Waals surface area contributed by atoms with E-state index in [1.54, 1.807) is 35.5 Å². The van der Waals surface area contributed by atoms with Crippen LogP contribution in [-0.2, 0) is 10.9 Å². The Bertz CT molecular complexity index is 1610. The largest absolute Gasteiger partial charge is 0.419 e. The topological polar surface area (TPSA) is 75.5 Å². The van der Waals surface area contributed by atoms with Crippen molar-refractivity contribution in [2.45, 2.75) is 24.6 Å². The van der Waals surface area contributed by atoms with E-state index >= 15 is 0 Å². The zero-order chi connectivity index (χ0) is 30.2. The van der Waals surface area contributed by atoms with Gasteiger partial charge in [-0.25, -0.2) is 9.07 Å². The van der Waals surface area contributed by atoms with Gasteiger partial charge >= 0.3 is 6.18 Å². The molecular formula is C30H27F4IN6O2. The van der Waals surface area contributed by atoms with Crippen molar-refractivity contribution in [1.82, 2.24) is 25.0 Å². The van der Waals surface area contributed by atoms with Crippen molar-refractivity contribution < 1.29 is 27.1 Å². The lowest BCUT2D eigenvalue weighted by Crippen LogP contribution is -2.59. The van der Waals surface area contributed by atoms with Crippen LogP contribution < -0.4 is 10.2 Å². The van der Waals surface area contributed by atoms with Crippen LogP contribution in [0.1, 0.15) is 28.9 Å². The lowest BCUT2D eigenvalue weighted by atomic mass is 9.85. The van der Waals surface area contributed by atoms with Gasteiger partial charge in [-0.15, -0.1) is 0 Å². The molecule has 6 rings (SSSR count). The van der Waals surface area contributed by atoms with Gasteiger partial charge in [0.05, 0.1) is 42.5 Å². The normalized spacial score (nSPS) is 17.2. The number of rotatable bonds is 4. The second-order valence-corrected chi connectivity index (χ2v) is 11.8. The van der Waals surface area contributed by atoms with Crippen LogP contribution in [-0.4, -0.2) is 64.2 Å².